The van der Waals surface area contributed by atoms with Crippen molar-refractivity contribution in [2.45, 2.75) is 39.9 Å². The van der Waals surface area contributed by atoms with Gasteiger partial charge in [0.2, 0.25) is 5.91 Å². The molecule has 0 aliphatic carbocycles. The first kappa shape index (κ1) is 27.3. The smallest absolute Gasteiger partial charge is 0.256 e. The van der Waals surface area contributed by atoms with E-state index in [1.807, 2.05) is 48.3 Å². The molecule has 8 nitrogen and oxygen atoms in total. The third kappa shape index (κ3) is 6.96. The van der Waals surface area contributed by atoms with Crippen molar-refractivity contribution in [2.75, 3.05) is 38.5 Å². The lowest BCUT2D eigenvalue weighted by Gasteiger charge is -2.31. The van der Waals surface area contributed by atoms with Crippen LogP contribution in [0, 0.1) is 6.92 Å². The van der Waals surface area contributed by atoms with Gasteiger partial charge in [-0.1, -0.05) is 50.2 Å². The fraction of sp³-hybridized carbons (Fsp3) is 0.367. The highest BCUT2D eigenvalue weighted by Crippen LogP contribution is 2.25. The maximum absolute atomic E-state index is 13.4. The maximum atomic E-state index is 13.4. The minimum absolute atomic E-state index is 0.0275. The van der Waals surface area contributed by atoms with Gasteiger partial charge in [0.25, 0.3) is 5.91 Å². The van der Waals surface area contributed by atoms with Crippen LogP contribution in [-0.4, -0.2) is 71.0 Å². The van der Waals surface area contributed by atoms with Gasteiger partial charge < -0.3 is 15.5 Å². The lowest BCUT2D eigenvalue weighted by molar-refractivity contribution is -0.151. The van der Waals surface area contributed by atoms with Gasteiger partial charge in [-0.15, -0.1) is 0 Å². The van der Waals surface area contributed by atoms with Crippen LogP contribution in [0.5, 0.6) is 0 Å². The van der Waals surface area contributed by atoms with Crippen LogP contribution in [-0.2, 0) is 22.7 Å². The first-order valence-corrected chi connectivity index (χ1v) is 13.2. The van der Waals surface area contributed by atoms with E-state index in [-0.39, 0.29) is 24.9 Å². The molecule has 0 saturated carbocycles. The molecule has 0 spiro atoms. The number of hydrazine groups is 1. The molecular formula is C30H38N6O2. The third-order valence-corrected chi connectivity index (χ3v) is 6.90. The lowest BCUT2D eigenvalue weighted by Crippen LogP contribution is -2.49. The van der Waals surface area contributed by atoms with E-state index in [1.54, 1.807) is 29.4 Å². The number of aryl methyl sites for hydroxylation is 1. The highest BCUT2D eigenvalue weighted by molar-refractivity contribution is 5.87. The normalized spacial score (nSPS) is 12.9. The highest BCUT2D eigenvalue weighted by Gasteiger charge is 2.27. The molecule has 0 saturated heterocycles. The van der Waals surface area contributed by atoms with Gasteiger partial charge >= 0.3 is 0 Å². The Kier molecular flexibility index (Phi) is 9.10. The van der Waals surface area contributed by atoms with Crippen molar-refractivity contribution in [3.05, 3.63) is 83.7 Å². The molecule has 2 N–H and O–H groups in total. The zero-order valence-electron chi connectivity index (χ0n) is 22.8. The number of hydrogen-bond donors (Lipinski definition) is 2. The third-order valence-electron chi connectivity index (χ3n) is 6.90. The van der Waals surface area contributed by atoms with Gasteiger partial charge in [0.15, 0.2) is 0 Å². The molecule has 38 heavy (non-hydrogen) atoms. The van der Waals surface area contributed by atoms with Crippen LogP contribution in [0.2, 0.25) is 0 Å². The quantitative estimate of drug-likeness (QED) is 0.406. The minimum Gasteiger partial charge on any atom is -0.376 e. The van der Waals surface area contributed by atoms with Crippen LogP contribution < -0.4 is 10.6 Å². The summed E-state index contributed by atoms with van der Waals surface area (Å²) >= 11 is 0. The Labute approximate surface area is 225 Å². The number of anilines is 1. The van der Waals surface area contributed by atoms with Crippen molar-refractivity contribution in [1.82, 2.24) is 25.2 Å². The number of hydrogen-bond acceptors (Lipinski definition) is 6. The van der Waals surface area contributed by atoms with Crippen molar-refractivity contribution in [2.24, 2.45) is 0 Å². The largest absolute Gasteiger partial charge is 0.376 e. The number of fused-ring (bicyclic) bond motifs is 1. The average Bonchev–Trinajstić information content (AvgIpc) is 3.36. The Morgan fingerprint density at radius 2 is 1.66 bits per heavy atom. The van der Waals surface area contributed by atoms with Gasteiger partial charge in [0, 0.05) is 57.3 Å². The van der Waals surface area contributed by atoms with Crippen LogP contribution in [0.1, 0.15) is 30.5 Å². The Morgan fingerprint density at radius 3 is 2.32 bits per heavy atom. The molecule has 0 radical (unpaired) electrons. The Morgan fingerprint density at radius 1 is 0.974 bits per heavy atom. The predicted octanol–water partition coefficient (Wildman–Crippen LogP) is 3.68. The molecule has 4 rings (SSSR count). The Balaban J connectivity index is 1.40. The van der Waals surface area contributed by atoms with Crippen molar-refractivity contribution in [3.63, 3.8) is 0 Å². The van der Waals surface area contributed by atoms with Gasteiger partial charge in [-0.2, -0.15) is 0 Å². The Hall–Kier alpha value is -3.75. The van der Waals surface area contributed by atoms with E-state index in [0.717, 1.165) is 22.4 Å². The topological polar surface area (TPSA) is 80.8 Å². The van der Waals surface area contributed by atoms with E-state index in [1.165, 1.54) is 11.1 Å². The van der Waals surface area contributed by atoms with Crippen molar-refractivity contribution >= 4 is 17.5 Å². The van der Waals surface area contributed by atoms with E-state index < -0.39 is 0 Å². The summed E-state index contributed by atoms with van der Waals surface area (Å²) in [6, 6.07) is 18.6. The summed E-state index contributed by atoms with van der Waals surface area (Å²) in [5.41, 5.74) is 6.52. The molecule has 3 aromatic rings. The molecule has 1 aliphatic rings. The maximum Gasteiger partial charge on any atom is 0.256 e. The van der Waals surface area contributed by atoms with Crippen LogP contribution in [0.4, 0.5) is 5.69 Å². The molecule has 2 heterocycles. The van der Waals surface area contributed by atoms with Gasteiger partial charge in [0.1, 0.15) is 6.54 Å². The van der Waals surface area contributed by atoms with E-state index in [9.17, 15) is 9.59 Å². The van der Waals surface area contributed by atoms with Crippen LogP contribution in [0.15, 0.2) is 67.0 Å². The summed E-state index contributed by atoms with van der Waals surface area (Å²) < 4.78 is 0. The fourth-order valence-corrected chi connectivity index (χ4v) is 4.55. The van der Waals surface area contributed by atoms with Crippen LogP contribution >= 0.6 is 0 Å². The van der Waals surface area contributed by atoms with Gasteiger partial charge in [-0.05, 0) is 52.9 Å². The second-order valence-electron chi connectivity index (χ2n) is 10.1. The summed E-state index contributed by atoms with van der Waals surface area (Å²) in [6.07, 6.45) is 3.54. The zero-order valence-corrected chi connectivity index (χ0v) is 22.8. The lowest BCUT2D eigenvalue weighted by atomic mass is 10.0. The molecule has 0 atom stereocenters. The van der Waals surface area contributed by atoms with Crippen molar-refractivity contribution in [3.8, 4) is 11.1 Å². The minimum atomic E-state index is -0.115. The second kappa shape index (κ2) is 12.7. The summed E-state index contributed by atoms with van der Waals surface area (Å²) in [5.74, 6) is -0.220. The van der Waals surface area contributed by atoms with Crippen LogP contribution in [0.3, 0.4) is 0 Å². The molecule has 0 fully saturated rings. The number of nitrogens with one attached hydrogen (secondary N) is 2. The summed E-state index contributed by atoms with van der Waals surface area (Å²) in [5, 5.41) is 10.3. The number of pyridine rings is 1. The molecule has 2 amide bonds. The molecule has 2 aromatic carbocycles. The fourth-order valence-electron chi connectivity index (χ4n) is 4.55. The number of carbonyl (C=O) groups is 2. The van der Waals surface area contributed by atoms with Gasteiger partial charge in [-0.25, -0.2) is 5.01 Å². The van der Waals surface area contributed by atoms with Gasteiger partial charge in [-0.3, -0.25) is 19.6 Å². The van der Waals surface area contributed by atoms with E-state index in [2.05, 4.69) is 47.7 Å². The molecule has 1 aromatic heterocycles. The number of benzene rings is 2. The van der Waals surface area contributed by atoms with Gasteiger partial charge in [0.05, 0.1) is 6.54 Å². The van der Waals surface area contributed by atoms with E-state index in [4.69, 9.17) is 0 Å². The van der Waals surface area contributed by atoms with Crippen LogP contribution in [0.25, 0.3) is 11.1 Å². The molecule has 0 unspecified atom stereocenters. The number of rotatable bonds is 11. The Bertz CT molecular complexity index is 1220. The number of aromatic nitrogens is 1. The van der Waals surface area contributed by atoms with Crippen molar-refractivity contribution < 1.29 is 9.59 Å². The highest BCUT2D eigenvalue weighted by atomic mass is 16.2. The number of carbonyl (C=O) groups excluding carboxylic acids is 2. The molecule has 8 heteroatoms. The summed E-state index contributed by atoms with van der Waals surface area (Å²) in [6.45, 7) is 8.73. The van der Waals surface area contributed by atoms with E-state index >= 15 is 0 Å². The first-order valence-electron chi connectivity index (χ1n) is 13.2. The molecular weight excluding hydrogens is 476 g/mol. The standard InChI is InChI=1S/C30H38N6O2/c1-22(2)32-15-16-35(21-30(38)34(4)36-19-26-7-5-6-8-27(26)20-36)29(37)18-33-28-17-25(10-9-23(28)3)24-11-13-31-14-12-24/h5-14,17,22,32-33H,15-16,18-21H2,1-4H3. The number of likely N-dealkylation sites (N-methyl/N-ethyl adjacent to an activating group) is 1. The number of amides is 2. The number of nitrogens with zero attached hydrogens (tertiary/aromatic N) is 4. The first-order chi connectivity index (χ1) is 18.3. The molecule has 0 bridgehead atoms. The zero-order chi connectivity index (χ0) is 27.1. The van der Waals surface area contributed by atoms with E-state index in [0.29, 0.717) is 32.2 Å². The molecule has 200 valence electrons. The monoisotopic (exact) mass is 514 g/mol. The summed E-state index contributed by atoms with van der Waals surface area (Å²) in [4.78, 5) is 32.4. The SMILES string of the molecule is Cc1ccc(-c2ccncc2)cc1NCC(=O)N(CCNC(C)C)CC(=O)N(C)N1Cc2ccccc2C1. The second-order valence-corrected chi connectivity index (χ2v) is 10.1. The summed E-state index contributed by atoms with van der Waals surface area (Å²) in [7, 11) is 1.79. The average molecular weight is 515 g/mol. The molecule has 1 aliphatic heterocycles. The predicted molar refractivity (Wildman–Crippen MR) is 151 cm³/mol. The van der Waals surface area contributed by atoms with Crippen molar-refractivity contribution in [1.29, 1.82) is 0 Å².